The molecule has 1 aliphatic rings. The first-order valence-electron chi connectivity index (χ1n) is 11.9. The van der Waals surface area contributed by atoms with Crippen molar-refractivity contribution in [3.63, 3.8) is 0 Å². The topological polar surface area (TPSA) is 89.2 Å². The number of nitrogens with zero attached hydrogens (tertiary/aromatic N) is 7. The Labute approximate surface area is 213 Å². The summed E-state index contributed by atoms with van der Waals surface area (Å²) in [5.74, 6) is 0.736. The smallest absolute Gasteiger partial charge is 0.274 e. The molecule has 4 heterocycles. The van der Waals surface area contributed by atoms with Crippen LogP contribution in [-0.2, 0) is 18.4 Å². The molecule has 1 aromatic carbocycles. The van der Waals surface area contributed by atoms with Crippen molar-refractivity contribution in [3.8, 4) is 11.1 Å². The molecule has 1 fully saturated rings. The Morgan fingerprint density at radius 3 is 2.56 bits per heavy atom. The molecule has 0 N–H and O–H groups in total. The Balaban J connectivity index is 1.45. The minimum absolute atomic E-state index is 0.0780. The third-order valence-electron chi connectivity index (χ3n) is 6.81. The van der Waals surface area contributed by atoms with E-state index >= 15 is 0 Å². The summed E-state index contributed by atoms with van der Waals surface area (Å²) in [5.41, 5.74) is 4.05. The van der Waals surface area contributed by atoms with Gasteiger partial charge in [-0.2, -0.15) is 0 Å². The van der Waals surface area contributed by atoms with Gasteiger partial charge in [0, 0.05) is 63.3 Å². The quantitative estimate of drug-likeness (QED) is 0.423. The summed E-state index contributed by atoms with van der Waals surface area (Å²) in [6.45, 7) is 7.97. The molecule has 10 heteroatoms. The molecule has 4 aromatic rings. The SMILES string of the molecule is CC(=O)N1CCN(c2ncc(-c3ccc4c(=O)n(C)n(Cc5nc(C)ccc5Cl)c4c3)cn2)CC1C. The molecule has 0 saturated carbocycles. The number of aromatic nitrogens is 5. The van der Waals surface area contributed by atoms with Gasteiger partial charge in [-0.15, -0.1) is 0 Å². The van der Waals surface area contributed by atoms with Gasteiger partial charge in [0.15, 0.2) is 0 Å². The molecule has 0 aliphatic carbocycles. The fourth-order valence-electron chi connectivity index (χ4n) is 4.83. The van der Waals surface area contributed by atoms with E-state index in [9.17, 15) is 9.59 Å². The Bertz CT molecular complexity index is 1510. The van der Waals surface area contributed by atoms with E-state index < -0.39 is 0 Å². The normalized spacial score (nSPS) is 16.1. The number of benzene rings is 1. The van der Waals surface area contributed by atoms with Crippen molar-refractivity contribution >= 4 is 34.4 Å². The Morgan fingerprint density at radius 1 is 1.11 bits per heavy atom. The molecular formula is C26H28ClN7O2. The number of carbonyl (C=O) groups is 1. The van der Waals surface area contributed by atoms with Crippen LogP contribution in [0.4, 0.5) is 5.95 Å². The number of fused-ring (bicyclic) bond motifs is 1. The van der Waals surface area contributed by atoms with Gasteiger partial charge < -0.3 is 9.80 Å². The number of piperazine rings is 1. The number of anilines is 1. The number of hydrogen-bond acceptors (Lipinski definition) is 6. The van der Waals surface area contributed by atoms with Crippen molar-refractivity contribution in [2.45, 2.75) is 33.4 Å². The maximum atomic E-state index is 12.9. The molecule has 5 rings (SSSR count). The molecule has 1 amide bonds. The average molecular weight is 506 g/mol. The van der Waals surface area contributed by atoms with Crippen LogP contribution in [0.25, 0.3) is 22.0 Å². The number of halogens is 1. The molecule has 3 aromatic heterocycles. The fraction of sp³-hybridized carbons (Fsp3) is 0.346. The minimum Gasteiger partial charge on any atom is -0.337 e. The van der Waals surface area contributed by atoms with Crippen LogP contribution in [-0.4, -0.2) is 60.8 Å². The Morgan fingerprint density at radius 2 is 1.86 bits per heavy atom. The number of carbonyl (C=O) groups excluding carboxylic acids is 1. The lowest BCUT2D eigenvalue weighted by atomic mass is 10.1. The van der Waals surface area contributed by atoms with Crippen LogP contribution in [0, 0.1) is 6.92 Å². The monoisotopic (exact) mass is 505 g/mol. The molecule has 36 heavy (non-hydrogen) atoms. The Kier molecular flexibility index (Phi) is 6.26. The number of rotatable bonds is 4. The van der Waals surface area contributed by atoms with E-state index in [4.69, 9.17) is 11.6 Å². The minimum atomic E-state index is -0.0780. The number of pyridine rings is 1. The average Bonchev–Trinajstić information content (AvgIpc) is 3.10. The van der Waals surface area contributed by atoms with Crippen LogP contribution >= 0.6 is 11.6 Å². The highest BCUT2D eigenvalue weighted by molar-refractivity contribution is 6.31. The summed E-state index contributed by atoms with van der Waals surface area (Å²) in [6, 6.07) is 9.53. The van der Waals surface area contributed by atoms with E-state index in [1.165, 1.54) is 0 Å². The lowest BCUT2D eigenvalue weighted by Crippen LogP contribution is -2.53. The molecule has 1 unspecified atom stereocenters. The van der Waals surface area contributed by atoms with Crippen LogP contribution in [0.15, 0.2) is 47.5 Å². The van der Waals surface area contributed by atoms with Gasteiger partial charge in [0.1, 0.15) is 0 Å². The van der Waals surface area contributed by atoms with Gasteiger partial charge >= 0.3 is 0 Å². The van der Waals surface area contributed by atoms with Gasteiger partial charge in [0.25, 0.3) is 5.56 Å². The largest absolute Gasteiger partial charge is 0.337 e. The van der Waals surface area contributed by atoms with E-state index in [0.29, 0.717) is 48.2 Å². The lowest BCUT2D eigenvalue weighted by Gasteiger charge is -2.39. The number of aryl methyl sites for hydroxylation is 1. The second-order valence-corrected chi connectivity index (χ2v) is 9.69. The summed E-state index contributed by atoms with van der Waals surface area (Å²) in [5, 5.41) is 1.19. The van der Waals surface area contributed by atoms with E-state index in [2.05, 4.69) is 19.9 Å². The van der Waals surface area contributed by atoms with Crippen molar-refractivity contribution in [1.29, 1.82) is 0 Å². The molecule has 1 aliphatic heterocycles. The van der Waals surface area contributed by atoms with Crippen LogP contribution < -0.4 is 10.5 Å². The predicted molar refractivity (Wildman–Crippen MR) is 140 cm³/mol. The summed E-state index contributed by atoms with van der Waals surface area (Å²) in [4.78, 5) is 42.4. The van der Waals surface area contributed by atoms with E-state index in [-0.39, 0.29) is 17.5 Å². The third kappa shape index (κ3) is 4.35. The summed E-state index contributed by atoms with van der Waals surface area (Å²) in [7, 11) is 1.75. The first kappa shape index (κ1) is 24.0. The summed E-state index contributed by atoms with van der Waals surface area (Å²) < 4.78 is 3.48. The van der Waals surface area contributed by atoms with Crippen molar-refractivity contribution < 1.29 is 4.79 Å². The molecular weight excluding hydrogens is 478 g/mol. The zero-order chi connectivity index (χ0) is 25.6. The first-order chi connectivity index (χ1) is 17.2. The standard InChI is InChI=1S/C26H28ClN7O2/c1-16-5-8-22(27)23(30-16)15-34-24-11-19(6-7-21(24)25(36)31(34)4)20-12-28-26(29-13-20)32-9-10-33(18(3)35)17(2)14-32/h5-8,11-13,17H,9-10,14-15H2,1-4H3. The molecule has 1 saturated heterocycles. The highest BCUT2D eigenvalue weighted by atomic mass is 35.5. The van der Waals surface area contributed by atoms with Crippen molar-refractivity contribution in [2.24, 2.45) is 7.05 Å². The second-order valence-electron chi connectivity index (χ2n) is 9.28. The molecule has 0 bridgehead atoms. The van der Waals surface area contributed by atoms with Crippen LogP contribution in [0.2, 0.25) is 5.02 Å². The van der Waals surface area contributed by atoms with Gasteiger partial charge in [0.05, 0.1) is 28.2 Å². The molecule has 0 radical (unpaired) electrons. The van der Waals surface area contributed by atoms with Crippen molar-refractivity contribution in [3.05, 3.63) is 69.5 Å². The lowest BCUT2D eigenvalue weighted by molar-refractivity contribution is -0.131. The maximum Gasteiger partial charge on any atom is 0.274 e. The van der Waals surface area contributed by atoms with Gasteiger partial charge in [-0.05, 0) is 43.7 Å². The fourth-order valence-corrected chi connectivity index (χ4v) is 4.99. The molecule has 186 valence electrons. The highest BCUT2D eigenvalue weighted by Gasteiger charge is 2.26. The maximum absolute atomic E-state index is 12.9. The second kappa shape index (κ2) is 9.39. The van der Waals surface area contributed by atoms with Gasteiger partial charge in [-0.3, -0.25) is 23.9 Å². The van der Waals surface area contributed by atoms with Crippen molar-refractivity contribution in [2.75, 3.05) is 24.5 Å². The Hall–Kier alpha value is -3.72. The van der Waals surface area contributed by atoms with Crippen LogP contribution in [0.3, 0.4) is 0 Å². The highest BCUT2D eigenvalue weighted by Crippen LogP contribution is 2.25. The van der Waals surface area contributed by atoms with Gasteiger partial charge in [0.2, 0.25) is 11.9 Å². The van der Waals surface area contributed by atoms with E-state index in [0.717, 1.165) is 22.3 Å². The predicted octanol–water partition coefficient (Wildman–Crippen LogP) is 3.26. The zero-order valence-electron chi connectivity index (χ0n) is 20.8. The van der Waals surface area contributed by atoms with Gasteiger partial charge in [-0.25, -0.2) is 9.97 Å². The number of hydrogen-bond donors (Lipinski definition) is 0. The summed E-state index contributed by atoms with van der Waals surface area (Å²) >= 11 is 6.39. The van der Waals surface area contributed by atoms with E-state index in [1.807, 2.05) is 53.8 Å². The summed E-state index contributed by atoms with van der Waals surface area (Å²) in [6.07, 6.45) is 3.60. The first-order valence-corrected chi connectivity index (χ1v) is 12.3. The van der Waals surface area contributed by atoms with E-state index in [1.54, 1.807) is 31.0 Å². The van der Waals surface area contributed by atoms with Crippen LogP contribution in [0.5, 0.6) is 0 Å². The zero-order valence-corrected chi connectivity index (χ0v) is 21.5. The van der Waals surface area contributed by atoms with Crippen molar-refractivity contribution in [1.82, 2.24) is 29.2 Å². The van der Waals surface area contributed by atoms with Crippen LogP contribution in [0.1, 0.15) is 25.2 Å². The molecule has 9 nitrogen and oxygen atoms in total. The van der Waals surface area contributed by atoms with Gasteiger partial charge in [-0.1, -0.05) is 17.7 Å². The number of amides is 1. The molecule has 1 atom stereocenters. The third-order valence-corrected chi connectivity index (χ3v) is 7.15. The molecule has 0 spiro atoms.